The molecule has 5 heteroatoms. The molecule has 0 amide bonds. The molecule has 1 atom stereocenters. The molecule has 0 saturated heterocycles. The van der Waals surface area contributed by atoms with Crippen molar-refractivity contribution >= 4 is 11.0 Å². The van der Waals surface area contributed by atoms with Crippen LogP contribution in [0.2, 0.25) is 0 Å². The number of fused-ring (bicyclic) bond motifs is 1. The number of H-pyrrole nitrogens is 1. The van der Waals surface area contributed by atoms with Crippen LogP contribution in [0, 0.1) is 0 Å². The van der Waals surface area contributed by atoms with E-state index in [9.17, 15) is 5.11 Å². The Kier molecular flexibility index (Phi) is 4.07. The number of aromatic nitrogens is 2. The molecule has 0 bridgehead atoms. The van der Waals surface area contributed by atoms with E-state index in [1.807, 2.05) is 19.3 Å². The van der Waals surface area contributed by atoms with Gasteiger partial charge in [0.2, 0.25) is 0 Å². The molecule has 0 radical (unpaired) electrons. The first-order valence-corrected chi connectivity index (χ1v) is 6.42. The number of hydrogen-bond acceptors (Lipinski definition) is 4. The average Bonchev–Trinajstić information content (AvgIpc) is 2.81. The second-order valence-corrected chi connectivity index (χ2v) is 5.06. The third kappa shape index (κ3) is 2.88. The first kappa shape index (κ1) is 13.8. The Morgan fingerprint density at radius 1 is 1.47 bits per heavy atom. The van der Waals surface area contributed by atoms with E-state index in [1.54, 1.807) is 13.3 Å². The summed E-state index contributed by atoms with van der Waals surface area (Å²) in [4.78, 5) is 9.45. The Bertz CT molecular complexity index is 551. The van der Waals surface area contributed by atoms with Gasteiger partial charge in [0, 0.05) is 29.7 Å². The van der Waals surface area contributed by atoms with Crippen LogP contribution in [0.15, 0.2) is 18.5 Å². The van der Waals surface area contributed by atoms with Gasteiger partial charge in [-0.15, -0.1) is 0 Å². The lowest BCUT2D eigenvalue weighted by atomic mass is 10.1. The number of aliphatic hydroxyl groups is 1. The summed E-state index contributed by atoms with van der Waals surface area (Å²) >= 11 is 0. The van der Waals surface area contributed by atoms with Crippen molar-refractivity contribution in [3.05, 3.63) is 24.0 Å². The average molecular weight is 263 g/mol. The third-order valence-corrected chi connectivity index (χ3v) is 3.48. The number of hydrogen-bond donors (Lipinski definition) is 2. The van der Waals surface area contributed by atoms with E-state index in [0.717, 1.165) is 16.6 Å². The van der Waals surface area contributed by atoms with Gasteiger partial charge >= 0.3 is 0 Å². The van der Waals surface area contributed by atoms with Gasteiger partial charge in [-0.25, -0.2) is 4.98 Å². The van der Waals surface area contributed by atoms with Gasteiger partial charge in [-0.3, -0.25) is 0 Å². The lowest BCUT2D eigenvalue weighted by Gasteiger charge is -2.23. The van der Waals surface area contributed by atoms with Crippen molar-refractivity contribution < 1.29 is 9.84 Å². The second-order valence-electron chi connectivity index (χ2n) is 5.06. The van der Waals surface area contributed by atoms with E-state index in [2.05, 4.69) is 28.7 Å². The summed E-state index contributed by atoms with van der Waals surface area (Å²) in [6.07, 6.45) is 2.93. The van der Waals surface area contributed by atoms with Crippen LogP contribution in [0.1, 0.15) is 25.5 Å². The van der Waals surface area contributed by atoms with Crippen LogP contribution >= 0.6 is 0 Å². The minimum absolute atomic E-state index is 0.396. The van der Waals surface area contributed by atoms with Gasteiger partial charge in [-0.1, -0.05) is 0 Å². The summed E-state index contributed by atoms with van der Waals surface area (Å²) in [5.41, 5.74) is 1.62. The summed E-state index contributed by atoms with van der Waals surface area (Å²) in [6.45, 7) is 4.79. The molecule has 0 aromatic carbocycles. The zero-order chi connectivity index (χ0) is 14.0. The van der Waals surface area contributed by atoms with Crippen molar-refractivity contribution in [3.63, 3.8) is 0 Å². The molecule has 1 unspecified atom stereocenters. The number of ether oxygens (including phenoxy) is 1. The molecule has 5 nitrogen and oxygen atoms in total. The van der Waals surface area contributed by atoms with Gasteiger partial charge < -0.3 is 19.7 Å². The summed E-state index contributed by atoms with van der Waals surface area (Å²) in [5, 5.41) is 11.3. The van der Waals surface area contributed by atoms with Gasteiger partial charge in [-0.05, 0) is 27.0 Å². The smallest absolute Gasteiger partial charge is 0.137 e. The van der Waals surface area contributed by atoms with E-state index >= 15 is 0 Å². The molecule has 0 aliphatic rings. The number of aromatic amines is 1. The molecule has 0 spiro atoms. The zero-order valence-corrected chi connectivity index (χ0v) is 11.8. The Hall–Kier alpha value is -1.59. The zero-order valence-electron chi connectivity index (χ0n) is 11.8. The summed E-state index contributed by atoms with van der Waals surface area (Å²) < 4.78 is 5.18. The van der Waals surface area contributed by atoms with E-state index in [-0.39, 0.29) is 0 Å². The fourth-order valence-corrected chi connectivity index (χ4v) is 1.97. The van der Waals surface area contributed by atoms with Crippen LogP contribution in [0.4, 0.5) is 0 Å². The number of methoxy groups -OCH3 is 1. The Balaban J connectivity index is 2.28. The molecule has 2 aromatic heterocycles. The fraction of sp³-hybridized carbons (Fsp3) is 0.500. The highest BCUT2D eigenvalue weighted by Crippen LogP contribution is 2.26. The van der Waals surface area contributed by atoms with Gasteiger partial charge in [0.15, 0.2) is 0 Å². The summed E-state index contributed by atoms with van der Waals surface area (Å²) in [6, 6.07) is 2.29. The number of pyridine rings is 1. The van der Waals surface area contributed by atoms with Gasteiger partial charge in [0.05, 0.1) is 19.4 Å². The standard InChI is InChI=1S/C14H21N3O2/c1-9(2)17(3)8-13(18)12-7-16-14-11(12)5-10(19-4)6-15-14/h5-7,9,13,18H,8H2,1-4H3,(H,15,16). The molecule has 0 aliphatic heterocycles. The molecule has 19 heavy (non-hydrogen) atoms. The van der Waals surface area contributed by atoms with Crippen LogP contribution in [-0.2, 0) is 0 Å². The molecular formula is C14H21N3O2. The molecule has 0 saturated carbocycles. The monoisotopic (exact) mass is 263 g/mol. The third-order valence-electron chi connectivity index (χ3n) is 3.48. The molecule has 2 heterocycles. The van der Waals surface area contributed by atoms with E-state index in [4.69, 9.17) is 4.74 Å². The van der Waals surface area contributed by atoms with Crippen LogP contribution < -0.4 is 4.74 Å². The number of rotatable bonds is 5. The maximum Gasteiger partial charge on any atom is 0.137 e. The van der Waals surface area contributed by atoms with Gasteiger partial charge in [0.25, 0.3) is 0 Å². The number of nitrogens with zero attached hydrogens (tertiary/aromatic N) is 2. The molecule has 104 valence electrons. The highest BCUT2D eigenvalue weighted by Gasteiger charge is 2.17. The highest BCUT2D eigenvalue weighted by atomic mass is 16.5. The number of aliphatic hydroxyl groups excluding tert-OH is 1. The highest BCUT2D eigenvalue weighted by molar-refractivity contribution is 5.81. The van der Waals surface area contributed by atoms with Crippen LogP contribution in [-0.4, -0.2) is 46.7 Å². The predicted octanol–water partition coefficient (Wildman–Crippen LogP) is 1.95. The van der Waals surface area contributed by atoms with Crippen LogP contribution in [0.25, 0.3) is 11.0 Å². The van der Waals surface area contributed by atoms with E-state index < -0.39 is 6.10 Å². The van der Waals surface area contributed by atoms with E-state index in [0.29, 0.717) is 18.3 Å². The molecule has 2 aromatic rings. The quantitative estimate of drug-likeness (QED) is 0.865. The van der Waals surface area contributed by atoms with Crippen molar-refractivity contribution in [2.45, 2.75) is 26.0 Å². The maximum atomic E-state index is 10.4. The number of nitrogens with one attached hydrogen (secondary N) is 1. The summed E-state index contributed by atoms with van der Waals surface area (Å²) in [7, 11) is 3.61. The Morgan fingerprint density at radius 3 is 2.84 bits per heavy atom. The minimum atomic E-state index is -0.546. The van der Waals surface area contributed by atoms with E-state index in [1.165, 1.54) is 0 Å². The van der Waals surface area contributed by atoms with Crippen LogP contribution in [0.3, 0.4) is 0 Å². The first-order valence-electron chi connectivity index (χ1n) is 6.42. The van der Waals surface area contributed by atoms with Crippen molar-refractivity contribution in [1.82, 2.24) is 14.9 Å². The van der Waals surface area contributed by atoms with Crippen molar-refractivity contribution in [3.8, 4) is 5.75 Å². The predicted molar refractivity (Wildman–Crippen MR) is 75.4 cm³/mol. The minimum Gasteiger partial charge on any atom is -0.495 e. The molecule has 0 fully saturated rings. The maximum absolute atomic E-state index is 10.4. The fourth-order valence-electron chi connectivity index (χ4n) is 1.97. The van der Waals surface area contributed by atoms with Gasteiger partial charge in [0.1, 0.15) is 11.4 Å². The topological polar surface area (TPSA) is 61.4 Å². The number of likely N-dealkylation sites (N-methyl/N-ethyl adjacent to an activating group) is 1. The van der Waals surface area contributed by atoms with Gasteiger partial charge in [-0.2, -0.15) is 0 Å². The largest absolute Gasteiger partial charge is 0.495 e. The molecule has 0 aliphatic carbocycles. The molecule has 2 rings (SSSR count). The normalized spacial score (nSPS) is 13.4. The SMILES string of the molecule is COc1cnc2[nH]cc(C(O)CN(C)C(C)C)c2c1. The van der Waals surface area contributed by atoms with Crippen LogP contribution in [0.5, 0.6) is 5.75 Å². The molecule has 2 N–H and O–H groups in total. The van der Waals surface area contributed by atoms with Crippen molar-refractivity contribution in [1.29, 1.82) is 0 Å². The summed E-state index contributed by atoms with van der Waals surface area (Å²) in [5.74, 6) is 0.692. The van der Waals surface area contributed by atoms with Crippen molar-refractivity contribution in [2.24, 2.45) is 0 Å². The lowest BCUT2D eigenvalue weighted by molar-refractivity contribution is 0.113. The first-order chi connectivity index (χ1) is 9.02. The molecular weight excluding hydrogens is 242 g/mol. The Morgan fingerprint density at radius 2 is 2.21 bits per heavy atom. The lowest BCUT2D eigenvalue weighted by Crippen LogP contribution is -2.30. The Labute approximate surface area is 113 Å². The second kappa shape index (κ2) is 5.59. The van der Waals surface area contributed by atoms with Crippen molar-refractivity contribution in [2.75, 3.05) is 20.7 Å².